The van der Waals surface area contributed by atoms with E-state index in [0.29, 0.717) is 45.5 Å². The van der Waals surface area contributed by atoms with Gasteiger partial charge in [0, 0.05) is 39.4 Å². The molecule has 0 spiro atoms. The van der Waals surface area contributed by atoms with Gasteiger partial charge in [-0.1, -0.05) is 36.2 Å². The number of Topliss-reactive ketones (excluding diaryl/α,β-unsaturated/α-hetero) is 1. The summed E-state index contributed by atoms with van der Waals surface area (Å²) in [5.41, 5.74) is 3.34. The van der Waals surface area contributed by atoms with E-state index in [4.69, 9.17) is 27.9 Å². The highest BCUT2D eigenvalue weighted by Gasteiger charge is 2.39. The molecule has 0 radical (unpaired) electrons. The minimum absolute atomic E-state index is 0.0445. The number of esters is 1. The molecule has 1 aliphatic heterocycles. The molecule has 2 aliphatic rings. The summed E-state index contributed by atoms with van der Waals surface area (Å²) in [6, 6.07) is 5.15. The van der Waals surface area contributed by atoms with Gasteiger partial charge in [0.25, 0.3) is 0 Å². The van der Waals surface area contributed by atoms with Crippen molar-refractivity contribution in [2.24, 2.45) is 0 Å². The Morgan fingerprint density at radius 2 is 2.08 bits per heavy atom. The lowest BCUT2D eigenvalue weighted by atomic mass is 9.75. The van der Waals surface area contributed by atoms with Crippen LogP contribution in [0.4, 0.5) is 0 Å². The van der Waals surface area contributed by atoms with Crippen LogP contribution in [0.1, 0.15) is 51.0 Å². The molecular weight excluding hydrogens is 373 g/mol. The van der Waals surface area contributed by atoms with Gasteiger partial charge in [-0.15, -0.1) is 0 Å². The molecule has 0 saturated carbocycles. The first kappa shape index (κ1) is 19.0. The van der Waals surface area contributed by atoms with Crippen LogP contribution in [0.2, 0.25) is 10.0 Å². The van der Waals surface area contributed by atoms with Crippen molar-refractivity contribution in [2.75, 3.05) is 6.61 Å². The number of halogens is 2. The number of carbonyl (C=O) groups is 2. The fourth-order valence-electron chi connectivity index (χ4n) is 3.57. The van der Waals surface area contributed by atoms with Crippen molar-refractivity contribution >= 4 is 35.0 Å². The Morgan fingerprint density at radius 1 is 1.31 bits per heavy atom. The molecule has 1 aliphatic carbocycles. The van der Waals surface area contributed by atoms with Crippen LogP contribution in [0.3, 0.4) is 0 Å². The summed E-state index contributed by atoms with van der Waals surface area (Å²) in [6.07, 6.45) is 2.77. The van der Waals surface area contributed by atoms with Gasteiger partial charge in [0.15, 0.2) is 5.78 Å². The first-order chi connectivity index (χ1) is 12.4. The summed E-state index contributed by atoms with van der Waals surface area (Å²) >= 11 is 12.5. The van der Waals surface area contributed by atoms with Crippen LogP contribution < -0.4 is 5.32 Å². The second-order valence-electron chi connectivity index (χ2n) is 6.57. The van der Waals surface area contributed by atoms with Gasteiger partial charge in [-0.05, 0) is 43.9 Å². The van der Waals surface area contributed by atoms with Crippen molar-refractivity contribution < 1.29 is 14.3 Å². The zero-order valence-corrected chi connectivity index (χ0v) is 16.3. The summed E-state index contributed by atoms with van der Waals surface area (Å²) in [7, 11) is 0. The third-order valence-electron chi connectivity index (χ3n) is 4.71. The molecular formula is C20H21Cl2NO3. The minimum Gasteiger partial charge on any atom is -0.462 e. The van der Waals surface area contributed by atoms with Crippen molar-refractivity contribution in [1.29, 1.82) is 0 Å². The highest BCUT2D eigenvalue weighted by atomic mass is 35.5. The number of hydrogen-bond donors (Lipinski definition) is 1. The fourth-order valence-corrected chi connectivity index (χ4v) is 4.09. The van der Waals surface area contributed by atoms with Crippen LogP contribution in [0.25, 0.3) is 0 Å². The maximum Gasteiger partial charge on any atom is 0.336 e. The maximum atomic E-state index is 12.8. The van der Waals surface area contributed by atoms with Crippen LogP contribution in [-0.4, -0.2) is 18.4 Å². The van der Waals surface area contributed by atoms with Gasteiger partial charge in [-0.3, -0.25) is 4.79 Å². The normalized spacial score (nSPS) is 20.0. The van der Waals surface area contributed by atoms with Gasteiger partial charge in [0.1, 0.15) is 0 Å². The van der Waals surface area contributed by atoms with Crippen LogP contribution in [0.5, 0.6) is 0 Å². The quantitative estimate of drug-likeness (QED) is 0.737. The number of hydrogen-bond acceptors (Lipinski definition) is 4. The molecule has 1 aromatic rings. The molecule has 0 bridgehead atoms. The van der Waals surface area contributed by atoms with Gasteiger partial charge in [0.05, 0.1) is 12.2 Å². The molecule has 26 heavy (non-hydrogen) atoms. The summed E-state index contributed by atoms with van der Waals surface area (Å²) in [4.78, 5) is 25.5. The van der Waals surface area contributed by atoms with Crippen LogP contribution in [-0.2, 0) is 14.3 Å². The summed E-state index contributed by atoms with van der Waals surface area (Å²) in [5.74, 6) is -0.908. The SMILES string of the molecule is CCCOC(=O)C1=C(C)NC2=C(C(=O)CCC2)C1c1ccc(Cl)cc1Cl. The number of ether oxygens (including phenoxy) is 1. The van der Waals surface area contributed by atoms with Gasteiger partial charge >= 0.3 is 5.97 Å². The van der Waals surface area contributed by atoms with E-state index in [9.17, 15) is 9.59 Å². The molecule has 4 nitrogen and oxygen atoms in total. The number of allylic oxidation sites excluding steroid dienone is 3. The Balaban J connectivity index is 2.15. The largest absolute Gasteiger partial charge is 0.462 e. The van der Waals surface area contributed by atoms with Gasteiger partial charge < -0.3 is 10.1 Å². The zero-order valence-electron chi connectivity index (χ0n) is 14.8. The third-order valence-corrected chi connectivity index (χ3v) is 5.27. The minimum atomic E-state index is -0.534. The Hall–Kier alpha value is -1.78. The standard InChI is InChI=1S/C20H21Cl2NO3/c1-3-9-26-20(25)17-11(2)23-15-5-4-6-16(24)19(15)18(17)13-8-7-12(21)10-14(13)22/h7-8,10,18,23H,3-6,9H2,1-2H3. The molecule has 6 heteroatoms. The number of nitrogens with one attached hydrogen (secondary N) is 1. The summed E-state index contributed by atoms with van der Waals surface area (Å²) < 4.78 is 5.39. The van der Waals surface area contributed by atoms with E-state index >= 15 is 0 Å². The highest BCUT2D eigenvalue weighted by Crippen LogP contribution is 2.44. The Labute approximate surface area is 163 Å². The number of benzene rings is 1. The van der Waals surface area contributed by atoms with Crippen LogP contribution in [0, 0.1) is 0 Å². The molecule has 3 rings (SSSR count). The third kappa shape index (κ3) is 3.53. The Morgan fingerprint density at radius 3 is 2.77 bits per heavy atom. The van der Waals surface area contributed by atoms with Crippen molar-refractivity contribution in [3.8, 4) is 0 Å². The second kappa shape index (κ2) is 7.85. The molecule has 138 valence electrons. The maximum absolute atomic E-state index is 12.8. The first-order valence-electron chi connectivity index (χ1n) is 8.80. The number of rotatable bonds is 4. The Bertz CT molecular complexity index is 826. The van der Waals surface area contributed by atoms with E-state index in [-0.39, 0.29) is 5.78 Å². The molecule has 1 atom stereocenters. The van der Waals surface area contributed by atoms with Crippen molar-refractivity contribution in [3.05, 3.63) is 56.3 Å². The second-order valence-corrected chi connectivity index (χ2v) is 7.41. The molecule has 0 fully saturated rings. The van der Waals surface area contributed by atoms with E-state index in [1.165, 1.54) is 0 Å². The molecule has 1 N–H and O–H groups in total. The van der Waals surface area contributed by atoms with Gasteiger partial charge in [-0.2, -0.15) is 0 Å². The van der Waals surface area contributed by atoms with Gasteiger partial charge in [0.2, 0.25) is 0 Å². The van der Waals surface area contributed by atoms with Crippen molar-refractivity contribution in [1.82, 2.24) is 5.32 Å². The molecule has 1 unspecified atom stereocenters. The number of dihydropyridines is 1. The predicted molar refractivity (Wildman–Crippen MR) is 102 cm³/mol. The fraction of sp³-hybridized carbons (Fsp3) is 0.400. The van der Waals surface area contributed by atoms with E-state index in [1.54, 1.807) is 18.2 Å². The summed E-state index contributed by atoms with van der Waals surface area (Å²) in [5, 5.41) is 4.20. The topological polar surface area (TPSA) is 55.4 Å². The lowest BCUT2D eigenvalue weighted by Gasteiger charge is -2.34. The highest BCUT2D eigenvalue weighted by molar-refractivity contribution is 6.35. The van der Waals surface area contributed by atoms with Crippen LogP contribution >= 0.6 is 23.2 Å². The lowest BCUT2D eigenvalue weighted by molar-refractivity contribution is -0.139. The number of ketones is 1. The molecule has 0 amide bonds. The number of carbonyl (C=O) groups excluding carboxylic acids is 2. The van der Waals surface area contributed by atoms with Crippen molar-refractivity contribution in [3.63, 3.8) is 0 Å². The monoisotopic (exact) mass is 393 g/mol. The predicted octanol–water partition coefficient (Wildman–Crippen LogP) is 4.91. The first-order valence-corrected chi connectivity index (χ1v) is 9.55. The molecule has 0 saturated heterocycles. The van der Waals surface area contributed by atoms with Crippen molar-refractivity contribution in [2.45, 2.75) is 45.4 Å². The molecule has 0 aromatic heterocycles. The lowest BCUT2D eigenvalue weighted by Crippen LogP contribution is -2.34. The average molecular weight is 394 g/mol. The smallest absolute Gasteiger partial charge is 0.336 e. The van der Waals surface area contributed by atoms with E-state index in [1.807, 2.05) is 13.8 Å². The zero-order chi connectivity index (χ0) is 18.8. The van der Waals surface area contributed by atoms with Crippen LogP contribution in [0.15, 0.2) is 40.7 Å². The van der Waals surface area contributed by atoms with E-state index in [0.717, 1.165) is 25.0 Å². The summed E-state index contributed by atoms with van der Waals surface area (Å²) in [6.45, 7) is 4.10. The van der Waals surface area contributed by atoms with E-state index < -0.39 is 11.9 Å². The molecule has 1 heterocycles. The van der Waals surface area contributed by atoms with E-state index in [2.05, 4.69) is 5.32 Å². The Kier molecular flexibility index (Phi) is 5.73. The van der Waals surface area contributed by atoms with Gasteiger partial charge in [-0.25, -0.2) is 4.79 Å². The average Bonchev–Trinajstić information content (AvgIpc) is 2.59. The molecule has 1 aromatic carbocycles.